The number of imidazole rings is 1. The molecule has 1 heterocycles. The van der Waals surface area contributed by atoms with E-state index in [1.54, 1.807) is 6.20 Å². The maximum Gasteiger partial charge on any atom is 0.127 e. The third-order valence-corrected chi connectivity index (χ3v) is 3.37. The Morgan fingerprint density at radius 2 is 2.24 bits per heavy atom. The Morgan fingerprint density at radius 3 is 2.88 bits per heavy atom. The van der Waals surface area contributed by atoms with Gasteiger partial charge in [0.25, 0.3) is 0 Å². The van der Waals surface area contributed by atoms with Gasteiger partial charge in [-0.2, -0.15) is 0 Å². The molecule has 1 aromatic heterocycles. The highest BCUT2D eigenvalue weighted by Gasteiger charge is 2.04. The number of aromatic nitrogens is 2. The van der Waals surface area contributed by atoms with Gasteiger partial charge in [0.15, 0.2) is 0 Å². The van der Waals surface area contributed by atoms with E-state index in [2.05, 4.69) is 26.2 Å². The van der Waals surface area contributed by atoms with Crippen molar-refractivity contribution in [2.45, 2.75) is 13.5 Å². The van der Waals surface area contributed by atoms with Gasteiger partial charge < -0.3 is 15.6 Å². The van der Waals surface area contributed by atoms with Gasteiger partial charge in [0, 0.05) is 35.3 Å². The van der Waals surface area contributed by atoms with Crippen LogP contribution in [0.4, 0.5) is 11.4 Å². The standard InChI is InChI=1S/C12H15BrN4/c1-8-5-11(9(13)6-10(8)14)16-7-12-15-3-4-17(12)2/h3-6,16H,7,14H2,1-2H3. The average Bonchev–Trinajstić information content (AvgIpc) is 2.68. The summed E-state index contributed by atoms with van der Waals surface area (Å²) in [6.45, 7) is 2.68. The fraction of sp³-hybridized carbons (Fsp3) is 0.250. The maximum absolute atomic E-state index is 5.83. The van der Waals surface area contributed by atoms with Gasteiger partial charge in [-0.1, -0.05) is 0 Å². The molecule has 90 valence electrons. The first-order chi connectivity index (χ1) is 8.08. The Kier molecular flexibility index (Phi) is 3.38. The van der Waals surface area contributed by atoms with Crippen LogP contribution in [0.5, 0.6) is 0 Å². The molecule has 0 saturated heterocycles. The molecule has 17 heavy (non-hydrogen) atoms. The first-order valence-corrected chi connectivity index (χ1v) is 6.13. The van der Waals surface area contributed by atoms with Crippen LogP contribution in [0.3, 0.4) is 0 Å². The van der Waals surface area contributed by atoms with Crippen molar-refractivity contribution in [3.63, 3.8) is 0 Å². The molecule has 5 heteroatoms. The maximum atomic E-state index is 5.83. The van der Waals surface area contributed by atoms with Crippen LogP contribution >= 0.6 is 15.9 Å². The molecule has 0 unspecified atom stereocenters. The van der Waals surface area contributed by atoms with E-state index in [0.717, 1.165) is 27.2 Å². The Bertz CT molecular complexity index is 533. The molecule has 0 radical (unpaired) electrons. The van der Waals surface area contributed by atoms with E-state index in [9.17, 15) is 0 Å². The molecule has 0 atom stereocenters. The summed E-state index contributed by atoms with van der Waals surface area (Å²) in [6.07, 6.45) is 3.72. The molecule has 0 aliphatic rings. The third-order valence-electron chi connectivity index (χ3n) is 2.71. The van der Waals surface area contributed by atoms with Crippen molar-refractivity contribution in [3.8, 4) is 0 Å². The van der Waals surface area contributed by atoms with Gasteiger partial charge in [-0.25, -0.2) is 4.98 Å². The van der Waals surface area contributed by atoms with Crippen LogP contribution in [0.15, 0.2) is 29.0 Å². The number of benzene rings is 1. The van der Waals surface area contributed by atoms with Gasteiger partial charge in [-0.3, -0.25) is 0 Å². The van der Waals surface area contributed by atoms with Crippen LogP contribution in [0.25, 0.3) is 0 Å². The zero-order valence-electron chi connectivity index (χ0n) is 9.87. The predicted molar refractivity (Wildman–Crippen MR) is 73.8 cm³/mol. The number of nitrogens with one attached hydrogen (secondary N) is 1. The Morgan fingerprint density at radius 1 is 1.47 bits per heavy atom. The summed E-state index contributed by atoms with van der Waals surface area (Å²) < 4.78 is 2.96. The van der Waals surface area contributed by atoms with Gasteiger partial charge in [0.1, 0.15) is 5.82 Å². The average molecular weight is 295 g/mol. The summed E-state index contributed by atoms with van der Waals surface area (Å²) >= 11 is 3.49. The second kappa shape index (κ2) is 4.79. The Hall–Kier alpha value is -1.49. The minimum absolute atomic E-state index is 0.686. The van der Waals surface area contributed by atoms with Crippen LogP contribution in [0, 0.1) is 6.92 Å². The van der Waals surface area contributed by atoms with E-state index >= 15 is 0 Å². The number of halogens is 1. The topological polar surface area (TPSA) is 55.9 Å². The highest BCUT2D eigenvalue weighted by Crippen LogP contribution is 2.27. The van der Waals surface area contributed by atoms with Crippen molar-refractivity contribution in [2.75, 3.05) is 11.1 Å². The minimum atomic E-state index is 0.686. The lowest BCUT2D eigenvalue weighted by Gasteiger charge is -2.11. The highest BCUT2D eigenvalue weighted by molar-refractivity contribution is 9.10. The first kappa shape index (κ1) is 12.0. The molecule has 3 N–H and O–H groups in total. The van der Waals surface area contributed by atoms with Crippen LogP contribution in [0.1, 0.15) is 11.4 Å². The normalized spacial score (nSPS) is 10.5. The van der Waals surface area contributed by atoms with E-state index in [1.165, 1.54) is 0 Å². The molecule has 2 rings (SSSR count). The number of nitrogen functional groups attached to an aromatic ring is 1. The van der Waals surface area contributed by atoms with Crippen molar-refractivity contribution < 1.29 is 0 Å². The molecule has 0 aliphatic carbocycles. The summed E-state index contributed by atoms with van der Waals surface area (Å²) in [5.41, 5.74) is 8.71. The first-order valence-electron chi connectivity index (χ1n) is 5.33. The lowest BCUT2D eigenvalue weighted by atomic mass is 10.2. The number of nitrogens with two attached hydrogens (primary N) is 1. The molecule has 0 aliphatic heterocycles. The number of aryl methyl sites for hydroxylation is 2. The largest absolute Gasteiger partial charge is 0.398 e. The zero-order chi connectivity index (χ0) is 12.4. The number of hydrogen-bond acceptors (Lipinski definition) is 3. The molecule has 0 saturated carbocycles. The number of rotatable bonds is 3. The second-order valence-electron chi connectivity index (χ2n) is 4.00. The van der Waals surface area contributed by atoms with Gasteiger partial charge in [-0.15, -0.1) is 0 Å². The molecule has 1 aromatic carbocycles. The summed E-state index contributed by atoms with van der Waals surface area (Å²) in [4.78, 5) is 4.26. The molecule has 0 spiro atoms. The molecular formula is C12H15BrN4. The predicted octanol–water partition coefficient (Wildman–Crippen LogP) is 2.69. The van der Waals surface area contributed by atoms with E-state index in [1.807, 2.05) is 36.9 Å². The van der Waals surface area contributed by atoms with E-state index in [-0.39, 0.29) is 0 Å². The van der Waals surface area contributed by atoms with E-state index < -0.39 is 0 Å². The SMILES string of the molecule is Cc1cc(NCc2nccn2C)c(Br)cc1N. The van der Waals surface area contributed by atoms with E-state index in [0.29, 0.717) is 6.54 Å². The third kappa shape index (κ3) is 2.61. The molecular weight excluding hydrogens is 280 g/mol. The smallest absolute Gasteiger partial charge is 0.127 e. The quantitative estimate of drug-likeness (QED) is 0.856. The van der Waals surface area contributed by atoms with Crippen molar-refractivity contribution in [1.29, 1.82) is 0 Å². The summed E-state index contributed by atoms with van der Waals surface area (Å²) in [5, 5.41) is 3.34. The molecule has 0 fully saturated rings. The van der Waals surface area contributed by atoms with Crippen molar-refractivity contribution >= 4 is 27.3 Å². The number of nitrogens with zero attached hydrogens (tertiary/aromatic N) is 2. The van der Waals surface area contributed by atoms with Gasteiger partial charge in [0.2, 0.25) is 0 Å². The molecule has 2 aromatic rings. The molecule has 0 amide bonds. The van der Waals surface area contributed by atoms with Gasteiger partial charge in [-0.05, 0) is 40.5 Å². The summed E-state index contributed by atoms with van der Waals surface area (Å²) in [6, 6.07) is 3.94. The Labute approximate surface area is 109 Å². The number of anilines is 2. The van der Waals surface area contributed by atoms with Crippen molar-refractivity contribution in [3.05, 3.63) is 40.4 Å². The van der Waals surface area contributed by atoms with Crippen molar-refractivity contribution in [1.82, 2.24) is 9.55 Å². The van der Waals surface area contributed by atoms with Gasteiger partial charge in [0.05, 0.1) is 6.54 Å². The van der Waals surface area contributed by atoms with E-state index in [4.69, 9.17) is 5.73 Å². The minimum Gasteiger partial charge on any atom is -0.398 e. The monoisotopic (exact) mass is 294 g/mol. The van der Waals surface area contributed by atoms with Crippen molar-refractivity contribution in [2.24, 2.45) is 7.05 Å². The van der Waals surface area contributed by atoms with Crippen LogP contribution in [-0.2, 0) is 13.6 Å². The second-order valence-corrected chi connectivity index (χ2v) is 4.85. The lowest BCUT2D eigenvalue weighted by molar-refractivity contribution is 0.812. The van der Waals surface area contributed by atoms with Crippen LogP contribution in [-0.4, -0.2) is 9.55 Å². The fourth-order valence-electron chi connectivity index (χ4n) is 1.57. The lowest BCUT2D eigenvalue weighted by Crippen LogP contribution is -2.06. The molecule has 0 bridgehead atoms. The fourth-order valence-corrected chi connectivity index (χ4v) is 2.07. The van der Waals surface area contributed by atoms with Crippen LogP contribution in [0.2, 0.25) is 0 Å². The van der Waals surface area contributed by atoms with Gasteiger partial charge >= 0.3 is 0 Å². The Balaban J connectivity index is 2.14. The van der Waals surface area contributed by atoms with Crippen LogP contribution < -0.4 is 11.1 Å². The molecule has 4 nitrogen and oxygen atoms in total. The number of hydrogen-bond donors (Lipinski definition) is 2. The highest BCUT2D eigenvalue weighted by atomic mass is 79.9. The zero-order valence-corrected chi connectivity index (χ0v) is 11.5. The summed E-state index contributed by atoms with van der Waals surface area (Å²) in [7, 11) is 1.98. The summed E-state index contributed by atoms with van der Waals surface area (Å²) in [5.74, 6) is 0.992.